The number of carbonyl (C=O) groups excluding carboxylic acids is 1. The van der Waals surface area contributed by atoms with Crippen molar-refractivity contribution in [3.8, 4) is 5.75 Å². The normalized spacial score (nSPS) is 19.7. The number of rotatable bonds is 8. The lowest BCUT2D eigenvalue weighted by Crippen LogP contribution is -2.40. The van der Waals surface area contributed by atoms with Crippen molar-refractivity contribution in [2.24, 2.45) is 0 Å². The van der Waals surface area contributed by atoms with E-state index in [-0.39, 0.29) is 29.2 Å². The molecule has 1 saturated carbocycles. The fourth-order valence-corrected chi connectivity index (χ4v) is 5.08. The zero-order chi connectivity index (χ0) is 23.4. The Morgan fingerprint density at radius 2 is 1.94 bits per heavy atom. The predicted octanol–water partition coefficient (Wildman–Crippen LogP) is 4.54. The summed E-state index contributed by atoms with van der Waals surface area (Å²) in [7, 11) is 0. The average molecular weight is 452 g/mol. The second-order valence-corrected chi connectivity index (χ2v) is 10.0. The lowest BCUT2D eigenvalue weighted by Gasteiger charge is -2.38. The minimum absolute atomic E-state index is 0.0199. The van der Waals surface area contributed by atoms with Crippen molar-refractivity contribution in [2.75, 3.05) is 13.1 Å². The van der Waals surface area contributed by atoms with E-state index < -0.39 is 0 Å². The Hall–Kier alpha value is -2.60. The predicted molar refractivity (Wildman–Crippen MR) is 131 cm³/mol. The van der Waals surface area contributed by atoms with Crippen LogP contribution in [0.1, 0.15) is 92.9 Å². The molecule has 0 radical (unpaired) electrons. The third kappa shape index (κ3) is 5.67. The number of hydrogen-bond donors (Lipinski definition) is 2. The van der Waals surface area contributed by atoms with E-state index in [1.165, 1.54) is 17.2 Å². The molecule has 0 spiro atoms. The number of amides is 1. The van der Waals surface area contributed by atoms with Crippen molar-refractivity contribution >= 4 is 5.91 Å². The van der Waals surface area contributed by atoms with Crippen LogP contribution in [-0.4, -0.2) is 29.2 Å². The van der Waals surface area contributed by atoms with Gasteiger partial charge in [0.25, 0.3) is 11.5 Å². The number of aryl methyl sites for hydroxylation is 1. The number of fused-ring (bicyclic) bond motifs is 1. The molecule has 2 heterocycles. The topological polar surface area (TPSA) is 72.4 Å². The zero-order valence-electron chi connectivity index (χ0n) is 20.2. The Labute approximate surface area is 196 Å². The van der Waals surface area contributed by atoms with Crippen molar-refractivity contribution in [3.05, 3.63) is 63.6 Å². The molecule has 1 amide bonds. The van der Waals surface area contributed by atoms with E-state index in [9.17, 15) is 9.59 Å². The average Bonchev–Trinajstić information content (AvgIpc) is 3.32. The molecule has 1 unspecified atom stereocenters. The minimum Gasteiger partial charge on any atom is -0.487 e. The summed E-state index contributed by atoms with van der Waals surface area (Å²) in [6, 6.07) is 10.1. The van der Waals surface area contributed by atoms with Crippen LogP contribution in [0.3, 0.4) is 0 Å². The lowest BCUT2D eigenvalue weighted by molar-refractivity contribution is 0.0660. The van der Waals surface area contributed by atoms with Gasteiger partial charge in [0.1, 0.15) is 11.4 Å². The molecule has 6 nitrogen and oxygen atoms in total. The number of aromatic nitrogens is 1. The van der Waals surface area contributed by atoms with Gasteiger partial charge in [-0.3, -0.25) is 9.59 Å². The Bertz CT molecular complexity index is 1040. The number of carbonyl (C=O) groups is 1. The molecule has 1 aliphatic carbocycles. The summed E-state index contributed by atoms with van der Waals surface area (Å²) in [5, 5.41) is 6.68. The van der Waals surface area contributed by atoms with Crippen molar-refractivity contribution in [3.63, 3.8) is 0 Å². The molecule has 1 fully saturated rings. The number of benzene rings is 1. The first-order chi connectivity index (χ1) is 15.9. The lowest BCUT2D eigenvalue weighted by atomic mass is 9.88. The summed E-state index contributed by atoms with van der Waals surface area (Å²) in [5.41, 5.74) is 2.87. The molecule has 1 aromatic heterocycles. The van der Waals surface area contributed by atoms with Crippen LogP contribution in [0.25, 0.3) is 0 Å². The Balaban J connectivity index is 1.30. The van der Waals surface area contributed by atoms with E-state index in [0.717, 1.165) is 57.2 Å². The summed E-state index contributed by atoms with van der Waals surface area (Å²) in [6.45, 7) is 7.81. The first kappa shape index (κ1) is 23.6. The van der Waals surface area contributed by atoms with Gasteiger partial charge in [-0.1, -0.05) is 31.9 Å². The second-order valence-electron chi connectivity index (χ2n) is 10.0. The number of nitrogens with zero attached hydrogens (tertiary/aromatic N) is 1. The van der Waals surface area contributed by atoms with Gasteiger partial charge < -0.3 is 19.9 Å². The van der Waals surface area contributed by atoms with Gasteiger partial charge in [0.2, 0.25) is 0 Å². The van der Waals surface area contributed by atoms with E-state index in [1.807, 2.05) is 0 Å². The number of ether oxygens (including phenoxy) is 1. The van der Waals surface area contributed by atoms with Crippen LogP contribution in [0.15, 0.2) is 41.3 Å². The van der Waals surface area contributed by atoms with Crippen molar-refractivity contribution in [1.29, 1.82) is 0 Å². The van der Waals surface area contributed by atoms with Crippen LogP contribution < -0.4 is 20.9 Å². The Morgan fingerprint density at radius 3 is 2.70 bits per heavy atom. The summed E-state index contributed by atoms with van der Waals surface area (Å²) >= 11 is 0. The largest absolute Gasteiger partial charge is 0.487 e. The molecule has 178 valence electrons. The quantitative estimate of drug-likeness (QED) is 0.578. The molecule has 6 heteroatoms. The molecule has 2 aliphatic rings. The molecule has 4 rings (SSSR count). The molecular weight excluding hydrogens is 414 g/mol. The maximum atomic E-state index is 12.6. The molecule has 2 N–H and O–H groups in total. The van der Waals surface area contributed by atoms with Gasteiger partial charge in [-0.15, -0.1) is 0 Å². The molecule has 1 aromatic carbocycles. The molecule has 1 aliphatic heterocycles. The molecule has 33 heavy (non-hydrogen) atoms. The standard InChI is InChI=1S/C27H37N3O3/c1-4-19-10-12-24-22(16-19)23(17-27(2,3)33-24)28-14-7-15-29-26(32)20-11-13-25(31)30(18-20)21-8-5-6-9-21/h10-13,16,18,21,23,28H,4-9,14-15,17H2,1-3H3,(H,29,32). The van der Waals surface area contributed by atoms with Gasteiger partial charge in [-0.2, -0.15) is 0 Å². The van der Waals surface area contributed by atoms with Crippen molar-refractivity contribution in [1.82, 2.24) is 15.2 Å². The molecule has 2 aromatic rings. The first-order valence-electron chi connectivity index (χ1n) is 12.4. The van der Waals surface area contributed by atoms with Crippen LogP contribution in [0.2, 0.25) is 0 Å². The third-order valence-electron chi connectivity index (χ3n) is 6.89. The summed E-state index contributed by atoms with van der Waals surface area (Å²) in [5.74, 6) is 0.846. The summed E-state index contributed by atoms with van der Waals surface area (Å²) in [6.07, 6.45) is 8.80. The maximum Gasteiger partial charge on any atom is 0.252 e. The molecule has 1 atom stereocenters. The highest BCUT2D eigenvalue weighted by molar-refractivity contribution is 5.93. The maximum absolute atomic E-state index is 12.6. The summed E-state index contributed by atoms with van der Waals surface area (Å²) in [4.78, 5) is 24.9. The molecule has 0 bridgehead atoms. The molecule has 0 saturated heterocycles. The highest BCUT2D eigenvalue weighted by Gasteiger charge is 2.33. The van der Waals surface area contributed by atoms with Crippen LogP contribution in [-0.2, 0) is 6.42 Å². The second kappa shape index (κ2) is 10.1. The Morgan fingerprint density at radius 1 is 1.15 bits per heavy atom. The van der Waals surface area contributed by atoms with E-state index in [2.05, 4.69) is 49.6 Å². The van der Waals surface area contributed by atoms with Gasteiger partial charge in [0, 0.05) is 42.9 Å². The van der Waals surface area contributed by atoms with E-state index >= 15 is 0 Å². The van der Waals surface area contributed by atoms with Crippen molar-refractivity contribution in [2.45, 2.75) is 83.4 Å². The van der Waals surface area contributed by atoms with Gasteiger partial charge in [0.15, 0.2) is 0 Å². The van der Waals surface area contributed by atoms with Crippen LogP contribution in [0.4, 0.5) is 0 Å². The number of nitrogens with one attached hydrogen (secondary N) is 2. The monoisotopic (exact) mass is 451 g/mol. The van der Waals surface area contributed by atoms with Crippen molar-refractivity contribution < 1.29 is 9.53 Å². The van der Waals surface area contributed by atoms with Gasteiger partial charge >= 0.3 is 0 Å². The van der Waals surface area contributed by atoms with Crippen LogP contribution >= 0.6 is 0 Å². The number of pyridine rings is 1. The fraction of sp³-hybridized carbons (Fsp3) is 0.556. The van der Waals surface area contributed by atoms with Gasteiger partial charge in [-0.05, 0) is 63.8 Å². The van der Waals surface area contributed by atoms with E-state index in [4.69, 9.17) is 4.74 Å². The number of hydrogen-bond acceptors (Lipinski definition) is 4. The van der Waals surface area contributed by atoms with E-state index in [0.29, 0.717) is 12.1 Å². The first-order valence-corrected chi connectivity index (χ1v) is 12.4. The van der Waals surface area contributed by atoms with Gasteiger partial charge in [0.05, 0.1) is 5.56 Å². The summed E-state index contributed by atoms with van der Waals surface area (Å²) < 4.78 is 7.94. The van der Waals surface area contributed by atoms with Crippen LogP contribution in [0.5, 0.6) is 5.75 Å². The SMILES string of the molecule is CCc1ccc2c(c1)C(NCCCNC(=O)c1ccc(=O)n(C3CCCC3)c1)CC(C)(C)O2. The third-order valence-corrected chi connectivity index (χ3v) is 6.89. The highest BCUT2D eigenvalue weighted by Crippen LogP contribution is 2.40. The highest BCUT2D eigenvalue weighted by atomic mass is 16.5. The molecular formula is C27H37N3O3. The van der Waals surface area contributed by atoms with Crippen LogP contribution in [0, 0.1) is 0 Å². The van der Waals surface area contributed by atoms with E-state index in [1.54, 1.807) is 16.8 Å². The Kier molecular flexibility index (Phi) is 7.23. The zero-order valence-corrected chi connectivity index (χ0v) is 20.2. The minimum atomic E-state index is -0.213. The van der Waals surface area contributed by atoms with Gasteiger partial charge in [-0.25, -0.2) is 0 Å². The fourth-order valence-electron chi connectivity index (χ4n) is 5.08. The smallest absolute Gasteiger partial charge is 0.252 e.